The van der Waals surface area contributed by atoms with Crippen molar-refractivity contribution in [3.63, 3.8) is 0 Å². The topological polar surface area (TPSA) is 56.5 Å². The van der Waals surface area contributed by atoms with Crippen LogP contribution in [0.3, 0.4) is 0 Å². The molecular weight excluding hydrogens is 192 g/mol. The minimum absolute atomic E-state index is 0.326. The summed E-state index contributed by atoms with van der Waals surface area (Å²) in [5.41, 5.74) is 6.81. The number of nitrogens with two attached hydrogens (primary N) is 1. The van der Waals surface area contributed by atoms with Gasteiger partial charge < -0.3 is 20.5 Å². The lowest BCUT2D eigenvalue weighted by Crippen LogP contribution is -2.44. The van der Waals surface area contributed by atoms with Gasteiger partial charge in [-0.15, -0.1) is 0 Å². The number of benzene rings is 1. The summed E-state index contributed by atoms with van der Waals surface area (Å²) in [6.07, 6.45) is 2.10. The predicted octanol–water partition coefficient (Wildman–Crippen LogP) is 1.32. The molecule has 1 fully saturated rings. The lowest BCUT2D eigenvalue weighted by atomic mass is 9.87. The van der Waals surface area contributed by atoms with E-state index in [4.69, 9.17) is 15.2 Å². The molecule has 0 saturated heterocycles. The molecular formula is C11H14N2O2. The van der Waals surface area contributed by atoms with E-state index >= 15 is 0 Å². The fourth-order valence-electron chi connectivity index (χ4n) is 2.00. The van der Waals surface area contributed by atoms with Crippen LogP contribution in [0.15, 0.2) is 18.2 Å². The normalized spacial score (nSPS) is 27.3. The summed E-state index contributed by atoms with van der Waals surface area (Å²) in [5, 5.41) is 3.42. The van der Waals surface area contributed by atoms with Gasteiger partial charge in [0.15, 0.2) is 11.5 Å². The Hall–Kier alpha value is -1.42. The minimum atomic E-state index is 0.326. The molecule has 0 radical (unpaired) electrons. The van der Waals surface area contributed by atoms with Gasteiger partial charge >= 0.3 is 0 Å². The quantitative estimate of drug-likeness (QED) is 0.766. The van der Waals surface area contributed by atoms with Crippen molar-refractivity contribution >= 4 is 5.69 Å². The Morgan fingerprint density at radius 1 is 1.20 bits per heavy atom. The molecule has 0 atom stereocenters. The van der Waals surface area contributed by atoms with E-state index in [-0.39, 0.29) is 0 Å². The monoisotopic (exact) mass is 206 g/mol. The molecule has 1 saturated carbocycles. The highest BCUT2D eigenvalue weighted by atomic mass is 16.7. The van der Waals surface area contributed by atoms with Crippen LogP contribution in [0.4, 0.5) is 5.69 Å². The molecule has 3 N–H and O–H groups in total. The molecule has 1 aliphatic heterocycles. The van der Waals surface area contributed by atoms with Gasteiger partial charge in [0.25, 0.3) is 0 Å². The van der Waals surface area contributed by atoms with Crippen LogP contribution in [0.1, 0.15) is 12.8 Å². The Kier molecular flexibility index (Phi) is 1.95. The standard InChI is InChI=1S/C11H14N2O2/c12-7-3-9(4-7)13-8-1-2-10-11(5-8)15-6-14-10/h1-2,5,7,9,13H,3-4,6,12H2. The lowest BCUT2D eigenvalue weighted by molar-refractivity contribution is 0.174. The average molecular weight is 206 g/mol. The second-order valence-corrected chi connectivity index (χ2v) is 4.14. The molecule has 80 valence electrons. The molecule has 4 nitrogen and oxygen atoms in total. The first kappa shape index (κ1) is 8.85. The molecule has 0 amide bonds. The van der Waals surface area contributed by atoms with Crippen molar-refractivity contribution in [3.8, 4) is 11.5 Å². The Balaban J connectivity index is 1.70. The average Bonchev–Trinajstić information content (AvgIpc) is 2.62. The number of hydrogen-bond donors (Lipinski definition) is 2. The number of anilines is 1. The van der Waals surface area contributed by atoms with Gasteiger partial charge in [0.1, 0.15) is 0 Å². The van der Waals surface area contributed by atoms with Crippen molar-refractivity contribution in [1.29, 1.82) is 0 Å². The molecule has 0 unspecified atom stereocenters. The molecule has 3 rings (SSSR count). The van der Waals surface area contributed by atoms with Crippen molar-refractivity contribution in [2.24, 2.45) is 5.73 Å². The fraction of sp³-hybridized carbons (Fsp3) is 0.455. The minimum Gasteiger partial charge on any atom is -0.454 e. The van der Waals surface area contributed by atoms with E-state index in [1.54, 1.807) is 0 Å². The van der Waals surface area contributed by atoms with Gasteiger partial charge in [-0.3, -0.25) is 0 Å². The molecule has 1 heterocycles. The molecule has 1 aliphatic carbocycles. The first-order valence-electron chi connectivity index (χ1n) is 5.23. The van der Waals surface area contributed by atoms with E-state index in [0.717, 1.165) is 30.0 Å². The molecule has 0 spiro atoms. The zero-order valence-corrected chi connectivity index (χ0v) is 8.40. The molecule has 15 heavy (non-hydrogen) atoms. The van der Waals surface area contributed by atoms with Crippen molar-refractivity contribution in [2.45, 2.75) is 24.9 Å². The predicted molar refractivity (Wildman–Crippen MR) is 57.2 cm³/mol. The van der Waals surface area contributed by atoms with Gasteiger partial charge in [-0.2, -0.15) is 0 Å². The zero-order valence-electron chi connectivity index (χ0n) is 8.40. The SMILES string of the molecule is NC1CC(Nc2ccc3c(c2)OCO3)C1. The van der Waals surface area contributed by atoms with Crippen LogP contribution in [-0.4, -0.2) is 18.9 Å². The molecule has 2 aliphatic rings. The summed E-state index contributed by atoms with van der Waals surface area (Å²) in [5.74, 6) is 1.65. The van der Waals surface area contributed by atoms with Crippen LogP contribution in [0.2, 0.25) is 0 Å². The molecule has 1 aromatic rings. The maximum Gasteiger partial charge on any atom is 0.231 e. The summed E-state index contributed by atoms with van der Waals surface area (Å²) in [6, 6.07) is 6.81. The smallest absolute Gasteiger partial charge is 0.231 e. The summed E-state index contributed by atoms with van der Waals surface area (Å²) in [6.45, 7) is 0.326. The van der Waals surface area contributed by atoms with Gasteiger partial charge in [0.05, 0.1) is 0 Å². The van der Waals surface area contributed by atoms with Gasteiger partial charge in [0, 0.05) is 23.8 Å². The van der Waals surface area contributed by atoms with Gasteiger partial charge in [-0.05, 0) is 25.0 Å². The van der Waals surface area contributed by atoms with E-state index in [1.807, 2.05) is 18.2 Å². The van der Waals surface area contributed by atoms with Gasteiger partial charge in [-0.1, -0.05) is 0 Å². The third-order valence-electron chi connectivity index (χ3n) is 2.92. The second-order valence-electron chi connectivity index (χ2n) is 4.14. The largest absolute Gasteiger partial charge is 0.454 e. The van der Waals surface area contributed by atoms with Crippen molar-refractivity contribution < 1.29 is 9.47 Å². The maximum atomic E-state index is 5.73. The zero-order chi connectivity index (χ0) is 10.3. The van der Waals surface area contributed by atoms with E-state index in [0.29, 0.717) is 18.9 Å². The third kappa shape index (κ3) is 1.61. The van der Waals surface area contributed by atoms with Crippen LogP contribution in [0, 0.1) is 0 Å². The van der Waals surface area contributed by atoms with Crippen molar-refractivity contribution in [3.05, 3.63) is 18.2 Å². The number of ether oxygens (including phenoxy) is 2. The first-order valence-corrected chi connectivity index (χ1v) is 5.23. The number of fused-ring (bicyclic) bond motifs is 1. The Bertz CT molecular complexity index is 375. The van der Waals surface area contributed by atoms with Crippen molar-refractivity contribution in [2.75, 3.05) is 12.1 Å². The van der Waals surface area contributed by atoms with Crippen LogP contribution in [0.5, 0.6) is 11.5 Å². The first-order chi connectivity index (χ1) is 7.31. The second kappa shape index (κ2) is 3.31. The van der Waals surface area contributed by atoms with E-state index in [9.17, 15) is 0 Å². The molecule has 1 aromatic carbocycles. The highest BCUT2D eigenvalue weighted by Gasteiger charge is 2.25. The van der Waals surface area contributed by atoms with Crippen LogP contribution >= 0.6 is 0 Å². The maximum absolute atomic E-state index is 5.73. The number of rotatable bonds is 2. The fourth-order valence-corrected chi connectivity index (χ4v) is 2.00. The Labute approximate surface area is 88.4 Å². The van der Waals surface area contributed by atoms with Crippen LogP contribution < -0.4 is 20.5 Å². The summed E-state index contributed by atoms with van der Waals surface area (Å²) >= 11 is 0. The number of nitrogens with one attached hydrogen (secondary N) is 1. The highest BCUT2D eigenvalue weighted by molar-refractivity contribution is 5.56. The third-order valence-corrected chi connectivity index (χ3v) is 2.92. The summed E-state index contributed by atoms with van der Waals surface area (Å²) in [4.78, 5) is 0. The summed E-state index contributed by atoms with van der Waals surface area (Å²) in [7, 11) is 0. The Morgan fingerprint density at radius 3 is 2.80 bits per heavy atom. The number of hydrogen-bond acceptors (Lipinski definition) is 4. The summed E-state index contributed by atoms with van der Waals surface area (Å²) < 4.78 is 10.6. The van der Waals surface area contributed by atoms with Crippen molar-refractivity contribution in [1.82, 2.24) is 0 Å². The Morgan fingerprint density at radius 2 is 2.00 bits per heavy atom. The van der Waals surface area contributed by atoms with E-state index < -0.39 is 0 Å². The lowest BCUT2D eigenvalue weighted by Gasteiger charge is -2.33. The van der Waals surface area contributed by atoms with Gasteiger partial charge in [-0.25, -0.2) is 0 Å². The molecule has 0 aromatic heterocycles. The van der Waals surface area contributed by atoms with Gasteiger partial charge in [0.2, 0.25) is 6.79 Å². The highest BCUT2D eigenvalue weighted by Crippen LogP contribution is 2.35. The molecule has 4 heteroatoms. The van der Waals surface area contributed by atoms with E-state index in [2.05, 4.69) is 5.32 Å². The van der Waals surface area contributed by atoms with Crippen LogP contribution in [0.25, 0.3) is 0 Å². The molecule has 0 bridgehead atoms. The van der Waals surface area contributed by atoms with Crippen LogP contribution in [-0.2, 0) is 0 Å². The van der Waals surface area contributed by atoms with E-state index in [1.165, 1.54) is 0 Å².